The molecule has 0 aliphatic carbocycles. The Morgan fingerprint density at radius 3 is 2.33 bits per heavy atom. The number of nitrogens with one attached hydrogen (secondary N) is 2. The summed E-state index contributed by atoms with van der Waals surface area (Å²) in [6.45, 7) is -2.58. The molecule has 212 valence electrons. The third kappa shape index (κ3) is 10.6. The van der Waals surface area contributed by atoms with E-state index in [4.69, 9.17) is 21.8 Å². The zero-order valence-electron chi connectivity index (χ0n) is 20.9. The van der Waals surface area contributed by atoms with E-state index in [0.29, 0.717) is 35.6 Å². The van der Waals surface area contributed by atoms with Crippen LogP contribution < -0.4 is 15.4 Å². The Kier molecular flexibility index (Phi) is 11.9. The summed E-state index contributed by atoms with van der Waals surface area (Å²) in [6.07, 6.45) is 5.25. The molecule has 3 rings (SSSR count). The molecule has 0 atom stereocenters. The van der Waals surface area contributed by atoms with Crippen LogP contribution in [0.2, 0.25) is 5.02 Å². The molecule has 0 unspecified atom stereocenters. The molecule has 1 aromatic heterocycles. The van der Waals surface area contributed by atoms with Crippen molar-refractivity contribution in [3.8, 4) is 5.75 Å². The highest BCUT2D eigenvalue weighted by molar-refractivity contribution is 6.31. The number of carboxylic acid groups (broad SMARTS) is 2. The first-order chi connectivity index (χ1) is 18.8. The summed E-state index contributed by atoms with van der Waals surface area (Å²) in [6, 6.07) is 6.71. The molecule has 3 aromatic rings. The van der Waals surface area contributed by atoms with Crippen LogP contribution in [0.3, 0.4) is 0 Å². The lowest BCUT2D eigenvalue weighted by Gasteiger charge is -2.14. The minimum atomic E-state index is -3.10. The third-order valence-corrected chi connectivity index (χ3v) is 4.79. The van der Waals surface area contributed by atoms with E-state index in [2.05, 4.69) is 25.3 Å². The van der Waals surface area contributed by atoms with Gasteiger partial charge in [0.1, 0.15) is 18.0 Å². The molecule has 0 saturated carbocycles. The summed E-state index contributed by atoms with van der Waals surface area (Å²) in [7, 11) is 3.67. The highest BCUT2D eigenvalue weighted by atomic mass is 35.5. The Labute approximate surface area is 230 Å². The predicted octanol–water partition coefficient (Wildman–Crippen LogP) is 4.54. The summed E-state index contributed by atoms with van der Waals surface area (Å²) in [5.41, 5.74) is 0.737. The molecular weight excluding hydrogens is 559 g/mol. The van der Waals surface area contributed by atoms with E-state index in [0.717, 1.165) is 0 Å². The van der Waals surface area contributed by atoms with Crippen LogP contribution in [0.15, 0.2) is 61.0 Å². The molecule has 0 saturated heterocycles. The summed E-state index contributed by atoms with van der Waals surface area (Å²) in [5.74, 6) is -3.58. The number of likely N-dealkylation sites (N-methyl/N-ethyl adjacent to an activating group) is 1. The van der Waals surface area contributed by atoms with E-state index in [1.165, 1.54) is 42.7 Å². The molecular formula is C25H23ClF3N5O6. The summed E-state index contributed by atoms with van der Waals surface area (Å²) in [4.78, 5) is 41.4. The van der Waals surface area contributed by atoms with Crippen molar-refractivity contribution in [2.75, 3.05) is 31.3 Å². The van der Waals surface area contributed by atoms with Crippen LogP contribution >= 0.6 is 11.6 Å². The minimum Gasteiger partial charge on any atom is -0.478 e. The second-order valence-electron chi connectivity index (χ2n) is 7.88. The number of benzene rings is 2. The van der Waals surface area contributed by atoms with Crippen molar-refractivity contribution < 1.29 is 42.5 Å². The number of aromatic nitrogens is 2. The zero-order valence-corrected chi connectivity index (χ0v) is 21.7. The number of aliphatic carboxylic acids is 2. The topological polar surface area (TPSA) is 154 Å². The quantitative estimate of drug-likeness (QED) is 0.251. The van der Waals surface area contributed by atoms with Gasteiger partial charge in [-0.05, 0) is 38.4 Å². The highest BCUT2D eigenvalue weighted by Crippen LogP contribution is 2.34. The van der Waals surface area contributed by atoms with E-state index < -0.39 is 30.3 Å². The molecule has 0 bridgehead atoms. The van der Waals surface area contributed by atoms with Gasteiger partial charge < -0.3 is 30.5 Å². The lowest BCUT2D eigenvalue weighted by Crippen LogP contribution is -2.14. The first kappa shape index (κ1) is 31.5. The molecule has 1 heterocycles. The van der Waals surface area contributed by atoms with Gasteiger partial charge in [-0.3, -0.25) is 4.79 Å². The van der Waals surface area contributed by atoms with Crippen molar-refractivity contribution in [3.05, 3.63) is 71.8 Å². The average Bonchev–Trinajstić information content (AvgIpc) is 2.85. The fraction of sp³-hybridized carbons (Fsp3) is 0.160. The van der Waals surface area contributed by atoms with Crippen LogP contribution in [0.1, 0.15) is 0 Å². The average molecular weight is 582 g/mol. The Morgan fingerprint density at radius 1 is 1.07 bits per heavy atom. The minimum absolute atomic E-state index is 0.00675. The Balaban J connectivity index is 0.000000611. The maximum atomic E-state index is 13.4. The lowest BCUT2D eigenvalue weighted by atomic mass is 10.1. The summed E-state index contributed by atoms with van der Waals surface area (Å²) < 4.78 is 43.8. The fourth-order valence-electron chi connectivity index (χ4n) is 2.87. The molecule has 0 radical (unpaired) electrons. The SMILES string of the molecule is CN(C)C/C=C/C(=O)Nc1cc2c(Nc3ccc(F)c(Cl)c3)ncnc2cc1OC(F)F.O=C(O)/C=C/C(=O)O. The molecule has 0 spiro atoms. The molecule has 40 heavy (non-hydrogen) atoms. The van der Waals surface area contributed by atoms with Crippen molar-refractivity contribution in [3.63, 3.8) is 0 Å². The van der Waals surface area contributed by atoms with Crippen LogP contribution in [0.25, 0.3) is 10.9 Å². The predicted molar refractivity (Wildman–Crippen MR) is 142 cm³/mol. The number of halogens is 4. The molecule has 2 aromatic carbocycles. The highest BCUT2D eigenvalue weighted by Gasteiger charge is 2.16. The fourth-order valence-corrected chi connectivity index (χ4v) is 3.05. The maximum absolute atomic E-state index is 13.4. The number of carbonyl (C=O) groups is 3. The van der Waals surface area contributed by atoms with E-state index in [1.54, 1.807) is 6.08 Å². The van der Waals surface area contributed by atoms with Crippen molar-refractivity contribution in [2.24, 2.45) is 0 Å². The summed E-state index contributed by atoms with van der Waals surface area (Å²) >= 11 is 5.82. The number of fused-ring (bicyclic) bond motifs is 1. The normalized spacial score (nSPS) is 11.1. The number of amides is 1. The third-order valence-electron chi connectivity index (χ3n) is 4.50. The van der Waals surface area contributed by atoms with E-state index in [1.807, 2.05) is 19.0 Å². The van der Waals surface area contributed by atoms with Gasteiger partial charge in [-0.2, -0.15) is 8.78 Å². The van der Waals surface area contributed by atoms with Gasteiger partial charge in [-0.1, -0.05) is 17.7 Å². The maximum Gasteiger partial charge on any atom is 0.387 e. The molecule has 0 fully saturated rings. The molecule has 15 heteroatoms. The van der Waals surface area contributed by atoms with E-state index >= 15 is 0 Å². The number of hydrogen-bond donors (Lipinski definition) is 4. The lowest BCUT2D eigenvalue weighted by molar-refractivity contribution is -0.134. The molecule has 0 aliphatic rings. The Bertz CT molecular complexity index is 1420. The number of ether oxygens (including phenoxy) is 1. The Morgan fingerprint density at radius 2 is 1.75 bits per heavy atom. The van der Waals surface area contributed by atoms with Crippen LogP contribution in [0.5, 0.6) is 5.75 Å². The van der Waals surface area contributed by atoms with E-state index in [9.17, 15) is 27.6 Å². The number of alkyl halides is 2. The second-order valence-corrected chi connectivity index (χ2v) is 8.29. The van der Waals surface area contributed by atoms with Crippen molar-refractivity contribution in [1.29, 1.82) is 0 Å². The van der Waals surface area contributed by atoms with Gasteiger partial charge in [0.15, 0.2) is 5.75 Å². The monoisotopic (exact) mass is 581 g/mol. The largest absolute Gasteiger partial charge is 0.478 e. The van der Waals surface area contributed by atoms with Crippen LogP contribution in [-0.4, -0.2) is 70.2 Å². The zero-order chi connectivity index (χ0) is 29.8. The van der Waals surface area contributed by atoms with Crippen LogP contribution in [0, 0.1) is 5.82 Å². The van der Waals surface area contributed by atoms with Gasteiger partial charge in [0, 0.05) is 41.9 Å². The number of carbonyl (C=O) groups excluding carboxylic acids is 1. The molecule has 11 nitrogen and oxygen atoms in total. The Hall–Kier alpha value is -4.69. The molecule has 4 N–H and O–H groups in total. The first-order valence-corrected chi connectivity index (χ1v) is 11.4. The number of hydrogen-bond acceptors (Lipinski definition) is 8. The van der Waals surface area contributed by atoms with Crippen molar-refractivity contribution >= 4 is 57.5 Å². The van der Waals surface area contributed by atoms with Gasteiger partial charge in [0.05, 0.1) is 16.2 Å². The molecule has 0 aliphatic heterocycles. The molecule has 1 amide bonds. The van der Waals surface area contributed by atoms with Crippen LogP contribution in [0.4, 0.5) is 30.4 Å². The number of anilines is 3. The number of nitrogens with zero attached hydrogens (tertiary/aromatic N) is 3. The second kappa shape index (κ2) is 15.0. The van der Waals surface area contributed by atoms with E-state index in [-0.39, 0.29) is 22.0 Å². The van der Waals surface area contributed by atoms with Crippen molar-refractivity contribution in [1.82, 2.24) is 14.9 Å². The van der Waals surface area contributed by atoms with Gasteiger partial charge in [-0.15, -0.1) is 0 Å². The summed E-state index contributed by atoms with van der Waals surface area (Å²) in [5, 5.41) is 21.5. The van der Waals surface area contributed by atoms with Crippen LogP contribution in [-0.2, 0) is 14.4 Å². The number of rotatable bonds is 10. The van der Waals surface area contributed by atoms with Gasteiger partial charge in [0.2, 0.25) is 5.91 Å². The number of carboxylic acids is 2. The van der Waals surface area contributed by atoms with Gasteiger partial charge in [-0.25, -0.2) is 23.9 Å². The first-order valence-electron chi connectivity index (χ1n) is 11.1. The van der Waals surface area contributed by atoms with Gasteiger partial charge >= 0.3 is 18.6 Å². The van der Waals surface area contributed by atoms with Crippen molar-refractivity contribution in [2.45, 2.75) is 6.61 Å². The smallest absolute Gasteiger partial charge is 0.387 e. The van der Waals surface area contributed by atoms with Gasteiger partial charge in [0.25, 0.3) is 0 Å². The standard InChI is InChI=1S/C21H19ClF3N5O2.C4H4O4/c1-30(2)7-3-4-19(31)29-17-9-13-16(10-18(17)32-21(24)25)26-11-27-20(13)28-12-5-6-15(23)14(22)8-12;5-3(6)1-2-4(7)8/h3-6,8-11,21H,7H2,1-2H3,(H,29,31)(H,26,27,28);1-2H,(H,5,6)(H,7,8)/b4-3+;2-1+.